The van der Waals surface area contributed by atoms with Crippen molar-refractivity contribution < 1.29 is 9.47 Å². The maximum absolute atomic E-state index is 5.34. The summed E-state index contributed by atoms with van der Waals surface area (Å²) in [5, 5.41) is 3.41. The molecule has 0 unspecified atom stereocenters. The molecule has 0 aliphatic heterocycles. The molecule has 0 heterocycles. The number of nitrogens with one attached hydrogen (secondary N) is 1. The van der Waals surface area contributed by atoms with Crippen molar-refractivity contribution in [1.82, 2.24) is 0 Å². The van der Waals surface area contributed by atoms with Gasteiger partial charge in [-0.1, -0.05) is 31.9 Å². The van der Waals surface area contributed by atoms with Crippen LogP contribution >= 0.6 is 31.9 Å². The van der Waals surface area contributed by atoms with Gasteiger partial charge in [0, 0.05) is 21.2 Å². The second kappa shape index (κ2) is 7.18. The van der Waals surface area contributed by atoms with E-state index in [1.165, 1.54) is 5.56 Å². The molecule has 0 atom stereocenters. The van der Waals surface area contributed by atoms with Gasteiger partial charge in [0.25, 0.3) is 0 Å². The first kappa shape index (κ1) is 16.2. The van der Waals surface area contributed by atoms with Crippen LogP contribution in [0.15, 0.2) is 39.3 Å². The summed E-state index contributed by atoms with van der Waals surface area (Å²) in [5.74, 6) is 1.44. The molecule has 1 N–H and O–H groups in total. The number of hydrogen-bond acceptors (Lipinski definition) is 3. The van der Waals surface area contributed by atoms with Crippen LogP contribution < -0.4 is 14.8 Å². The number of aryl methyl sites for hydroxylation is 1. The van der Waals surface area contributed by atoms with Gasteiger partial charge in [0.2, 0.25) is 0 Å². The molecule has 0 spiro atoms. The summed E-state index contributed by atoms with van der Waals surface area (Å²) in [7, 11) is 3.27. The van der Waals surface area contributed by atoms with Crippen molar-refractivity contribution in [1.29, 1.82) is 0 Å². The summed E-state index contributed by atoms with van der Waals surface area (Å²) >= 11 is 7.07. The lowest BCUT2D eigenvalue weighted by molar-refractivity contribution is 0.354. The summed E-state index contributed by atoms with van der Waals surface area (Å²) in [6, 6.07) is 10.1. The van der Waals surface area contributed by atoms with Crippen molar-refractivity contribution in [3.8, 4) is 11.5 Å². The van der Waals surface area contributed by atoms with Gasteiger partial charge in [-0.3, -0.25) is 0 Å². The first-order valence-corrected chi connectivity index (χ1v) is 8.04. The zero-order chi connectivity index (χ0) is 15.4. The topological polar surface area (TPSA) is 30.5 Å². The lowest BCUT2D eigenvalue weighted by Crippen LogP contribution is -2.02. The molecule has 3 nitrogen and oxygen atoms in total. The molecule has 0 aliphatic rings. The van der Waals surface area contributed by atoms with Crippen LogP contribution in [-0.2, 0) is 6.54 Å². The van der Waals surface area contributed by atoms with Crippen molar-refractivity contribution in [2.24, 2.45) is 0 Å². The van der Waals surface area contributed by atoms with Crippen molar-refractivity contribution in [3.63, 3.8) is 0 Å². The monoisotopic (exact) mass is 413 g/mol. The first-order chi connectivity index (χ1) is 10.0. The minimum atomic E-state index is 0.696. The Labute approximate surface area is 141 Å². The molecule has 0 aliphatic carbocycles. The number of benzene rings is 2. The second-order valence-electron chi connectivity index (χ2n) is 4.62. The highest BCUT2D eigenvalue weighted by molar-refractivity contribution is 9.10. The second-order valence-corrected chi connectivity index (χ2v) is 6.32. The van der Waals surface area contributed by atoms with Crippen LogP contribution in [0.25, 0.3) is 0 Å². The standard InChI is InChI=1S/C16H17Br2NO2/c1-10-6-12(4-5-13(10)17)19-9-11-7-15(20-2)16(21-3)8-14(11)18/h4-8,19H,9H2,1-3H3. The van der Waals surface area contributed by atoms with Crippen molar-refractivity contribution >= 4 is 37.5 Å². The molecule has 0 saturated heterocycles. The largest absolute Gasteiger partial charge is 0.493 e. The van der Waals surface area contributed by atoms with Crippen LogP contribution in [-0.4, -0.2) is 14.2 Å². The van der Waals surface area contributed by atoms with Gasteiger partial charge in [0.15, 0.2) is 11.5 Å². The Hall–Kier alpha value is -1.20. The molecule has 0 radical (unpaired) electrons. The van der Waals surface area contributed by atoms with E-state index in [0.29, 0.717) is 12.3 Å². The Morgan fingerprint density at radius 3 is 2.24 bits per heavy atom. The van der Waals surface area contributed by atoms with Gasteiger partial charge in [-0.15, -0.1) is 0 Å². The predicted octanol–water partition coefficient (Wildman–Crippen LogP) is 5.15. The third-order valence-electron chi connectivity index (χ3n) is 3.19. The molecule has 0 amide bonds. The van der Waals surface area contributed by atoms with Crippen molar-refractivity contribution in [2.45, 2.75) is 13.5 Å². The minimum absolute atomic E-state index is 0.696. The average Bonchev–Trinajstić information content (AvgIpc) is 2.49. The molecule has 2 aromatic rings. The summed E-state index contributed by atoms with van der Waals surface area (Å²) in [4.78, 5) is 0. The van der Waals surface area contributed by atoms with Gasteiger partial charge >= 0.3 is 0 Å². The van der Waals surface area contributed by atoms with E-state index in [1.807, 2.05) is 24.3 Å². The fourth-order valence-electron chi connectivity index (χ4n) is 1.98. The minimum Gasteiger partial charge on any atom is -0.493 e. The lowest BCUT2D eigenvalue weighted by Gasteiger charge is -2.13. The van der Waals surface area contributed by atoms with E-state index in [1.54, 1.807) is 14.2 Å². The van der Waals surface area contributed by atoms with E-state index in [4.69, 9.17) is 9.47 Å². The van der Waals surface area contributed by atoms with E-state index in [-0.39, 0.29) is 0 Å². The fraction of sp³-hybridized carbons (Fsp3) is 0.250. The quantitative estimate of drug-likeness (QED) is 0.733. The smallest absolute Gasteiger partial charge is 0.161 e. The zero-order valence-electron chi connectivity index (χ0n) is 12.2. The first-order valence-electron chi connectivity index (χ1n) is 6.45. The maximum Gasteiger partial charge on any atom is 0.161 e. The lowest BCUT2D eigenvalue weighted by atomic mass is 10.2. The number of hydrogen-bond donors (Lipinski definition) is 1. The van der Waals surface area contributed by atoms with Crippen LogP contribution in [0.2, 0.25) is 0 Å². The molecule has 0 aromatic heterocycles. The van der Waals surface area contributed by atoms with Gasteiger partial charge in [0.1, 0.15) is 0 Å². The van der Waals surface area contributed by atoms with Gasteiger partial charge in [-0.2, -0.15) is 0 Å². The third-order valence-corrected chi connectivity index (χ3v) is 4.82. The fourth-order valence-corrected chi connectivity index (χ4v) is 2.69. The summed E-state index contributed by atoms with van der Waals surface area (Å²) in [6.07, 6.45) is 0. The van der Waals surface area contributed by atoms with Gasteiger partial charge < -0.3 is 14.8 Å². The van der Waals surface area contributed by atoms with Crippen molar-refractivity contribution in [2.75, 3.05) is 19.5 Å². The molecule has 0 bridgehead atoms. The van der Waals surface area contributed by atoms with Gasteiger partial charge in [0.05, 0.1) is 14.2 Å². The van der Waals surface area contributed by atoms with Crippen molar-refractivity contribution in [3.05, 3.63) is 50.4 Å². The number of halogens is 2. The van der Waals surface area contributed by atoms with Gasteiger partial charge in [-0.25, -0.2) is 0 Å². The van der Waals surface area contributed by atoms with E-state index in [0.717, 1.165) is 25.9 Å². The maximum atomic E-state index is 5.34. The molecular formula is C16H17Br2NO2. The van der Waals surface area contributed by atoms with E-state index in [2.05, 4.69) is 50.2 Å². The number of rotatable bonds is 5. The van der Waals surface area contributed by atoms with Crippen LogP contribution in [0, 0.1) is 6.92 Å². The average molecular weight is 415 g/mol. The van der Waals surface area contributed by atoms with Crippen LogP contribution in [0.1, 0.15) is 11.1 Å². The Morgan fingerprint density at radius 2 is 1.62 bits per heavy atom. The molecule has 0 saturated carbocycles. The Balaban J connectivity index is 2.17. The normalized spacial score (nSPS) is 10.3. The number of ether oxygens (including phenoxy) is 2. The molecular weight excluding hydrogens is 398 g/mol. The Kier molecular flexibility index (Phi) is 5.53. The number of methoxy groups -OCH3 is 2. The number of anilines is 1. The van der Waals surface area contributed by atoms with E-state index >= 15 is 0 Å². The Morgan fingerprint density at radius 1 is 0.952 bits per heavy atom. The summed E-state index contributed by atoms with van der Waals surface area (Å²) < 4.78 is 12.7. The van der Waals surface area contributed by atoms with Crippen LogP contribution in [0.5, 0.6) is 11.5 Å². The van der Waals surface area contributed by atoms with E-state index < -0.39 is 0 Å². The highest BCUT2D eigenvalue weighted by atomic mass is 79.9. The van der Waals surface area contributed by atoms with E-state index in [9.17, 15) is 0 Å². The van der Waals surface area contributed by atoms with Crippen LogP contribution in [0.3, 0.4) is 0 Å². The molecule has 2 aromatic carbocycles. The Bertz CT molecular complexity index is 644. The molecule has 112 valence electrons. The summed E-state index contributed by atoms with van der Waals surface area (Å²) in [5.41, 5.74) is 3.39. The highest BCUT2D eigenvalue weighted by Crippen LogP contribution is 2.33. The third kappa shape index (κ3) is 3.92. The predicted molar refractivity (Wildman–Crippen MR) is 93.5 cm³/mol. The zero-order valence-corrected chi connectivity index (χ0v) is 15.3. The highest BCUT2D eigenvalue weighted by Gasteiger charge is 2.09. The summed E-state index contributed by atoms with van der Waals surface area (Å²) in [6.45, 7) is 2.77. The van der Waals surface area contributed by atoms with Crippen LogP contribution in [0.4, 0.5) is 5.69 Å². The molecule has 21 heavy (non-hydrogen) atoms. The van der Waals surface area contributed by atoms with Gasteiger partial charge in [-0.05, 0) is 48.4 Å². The molecule has 2 rings (SSSR count). The molecule has 0 fully saturated rings. The SMILES string of the molecule is COc1cc(Br)c(CNc2ccc(Br)c(C)c2)cc1OC. The molecule has 5 heteroatoms.